The van der Waals surface area contributed by atoms with E-state index < -0.39 is 27.8 Å². The van der Waals surface area contributed by atoms with Crippen molar-refractivity contribution in [1.82, 2.24) is 4.72 Å². The lowest BCUT2D eigenvalue weighted by atomic mass is 9.58. The molecule has 4 rings (SSSR count). The summed E-state index contributed by atoms with van der Waals surface area (Å²) in [6, 6.07) is 4.05. The van der Waals surface area contributed by atoms with Crippen LogP contribution in [-0.2, 0) is 25.2 Å². The number of benzene rings is 1. The molecule has 7 nitrogen and oxygen atoms in total. The second kappa shape index (κ2) is 6.24. The topological polar surface area (TPSA) is 97.2 Å². The summed E-state index contributed by atoms with van der Waals surface area (Å²) in [5, 5.41) is 6.14. The molecule has 2 aliphatic heterocycles. The lowest BCUT2D eigenvalue weighted by Gasteiger charge is -2.49. The Balaban J connectivity index is 1.41. The third-order valence-corrected chi connectivity index (χ3v) is 7.14. The molecule has 152 valence electrons. The Morgan fingerprint density at radius 3 is 2.18 bits per heavy atom. The molecule has 1 saturated carbocycles. The first kappa shape index (κ1) is 19.3. The minimum absolute atomic E-state index is 0.0643. The molecule has 2 fully saturated rings. The van der Waals surface area contributed by atoms with E-state index in [0.717, 1.165) is 37.1 Å². The Morgan fingerprint density at radius 2 is 1.68 bits per heavy atom. The number of hydrogen-bond donors (Lipinski definition) is 1. The predicted molar refractivity (Wildman–Crippen MR) is 89.6 cm³/mol. The molecule has 3 aliphatic rings. The van der Waals surface area contributed by atoms with E-state index in [2.05, 4.69) is 10.2 Å². The number of amides is 1. The van der Waals surface area contributed by atoms with Gasteiger partial charge in [0, 0.05) is 24.7 Å². The zero-order valence-corrected chi connectivity index (χ0v) is 15.5. The molecule has 1 amide bonds. The van der Waals surface area contributed by atoms with E-state index in [1.807, 2.05) is 4.72 Å². The Labute approximate surface area is 159 Å². The predicted octanol–water partition coefficient (Wildman–Crippen LogP) is 2.88. The van der Waals surface area contributed by atoms with Crippen molar-refractivity contribution in [3.05, 3.63) is 29.8 Å². The minimum atomic E-state index is -4.69. The molecule has 1 saturated heterocycles. The van der Waals surface area contributed by atoms with Crippen LogP contribution in [0.4, 0.5) is 13.2 Å². The summed E-state index contributed by atoms with van der Waals surface area (Å²) in [6.45, 7) is 1.30. The summed E-state index contributed by atoms with van der Waals surface area (Å²) >= 11 is 0. The fourth-order valence-electron chi connectivity index (χ4n) is 3.97. The van der Waals surface area contributed by atoms with Gasteiger partial charge in [-0.05, 0) is 43.2 Å². The SMILES string of the molecule is O=C(NS(=O)(=O)c1ccc(C2(C(F)(F)F)N=N2)cc1)C1CC2(CCOCC2)C1. The maximum Gasteiger partial charge on any atom is 0.442 e. The van der Waals surface area contributed by atoms with Crippen LogP contribution in [0.15, 0.2) is 39.4 Å². The minimum Gasteiger partial charge on any atom is -0.381 e. The molecule has 0 bridgehead atoms. The van der Waals surface area contributed by atoms with Crippen LogP contribution in [0.5, 0.6) is 0 Å². The van der Waals surface area contributed by atoms with Gasteiger partial charge in [-0.3, -0.25) is 4.79 Å². The van der Waals surface area contributed by atoms with E-state index in [1.54, 1.807) is 0 Å². The number of nitrogens with one attached hydrogen (secondary N) is 1. The number of hydrogen-bond acceptors (Lipinski definition) is 6. The average molecular weight is 417 g/mol. The van der Waals surface area contributed by atoms with Crippen LogP contribution in [0.25, 0.3) is 0 Å². The number of ether oxygens (including phenoxy) is 1. The molecule has 1 aromatic carbocycles. The van der Waals surface area contributed by atoms with Crippen molar-refractivity contribution in [3.63, 3.8) is 0 Å². The lowest BCUT2D eigenvalue weighted by molar-refractivity contribution is -0.166. The second-order valence-corrected chi connectivity index (χ2v) is 9.26. The molecule has 0 atom stereocenters. The van der Waals surface area contributed by atoms with Crippen molar-refractivity contribution in [1.29, 1.82) is 0 Å². The molecule has 11 heteroatoms. The first-order valence-electron chi connectivity index (χ1n) is 8.83. The Kier molecular flexibility index (Phi) is 4.31. The Bertz CT molecular complexity index is 908. The van der Waals surface area contributed by atoms with Gasteiger partial charge in [0.25, 0.3) is 10.0 Å². The number of sulfonamides is 1. The zero-order valence-electron chi connectivity index (χ0n) is 14.7. The van der Waals surface area contributed by atoms with Gasteiger partial charge in [-0.2, -0.15) is 13.2 Å². The van der Waals surface area contributed by atoms with E-state index in [1.165, 1.54) is 0 Å². The molecule has 1 N–H and O–H groups in total. The lowest BCUT2D eigenvalue weighted by Crippen LogP contribution is -2.49. The fraction of sp³-hybridized carbons (Fsp3) is 0.588. The van der Waals surface area contributed by atoms with Gasteiger partial charge in [-0.25, -0.2) is 13.1 Å². The maximum absolute atomic E-state index is 13.0. The van der Waals surface area contributed by atoms with Crippen molar-refractivity contribution < 1.29 is 31.1 Å². The van der Waals surface area contributed by atoms with Crippen LogP contribution < -0.4 is 4.72 Å². The number of carbonyl (C=O) groups is 1. The summed E-state index contributed by atoms with van der Waals surface area (Å²) < 4.78 is 71.2. The smallest absolute Gasteiger partial charge is 0.381 e. The Morgan fingerprint density at radius 1 is 1.11 bits per heavy atom. The fourth-order valence-corrected chi connectivity index (χ4v) is 5.01. The standard InChI is InChI=1S/C17H18F3N3O4S/c18-17(19,20)16(22-23-16)12-1-3-13(4-2-12)28(25,26)21-14(24)11-9-15(10-11)5-7-27-8-6-15/h1-4,11H,5-10H2,(H,21,24). The number of carbonyl (C=O) groups excluding carboxylic acids is 1. The van der Waals surface area contributed by atoms with E-state index >= 15 is 0 Å². The van der Waals surface area contributed by atoms with Gasteiger partial charge in [-0.15, -0.1) is 10.2 Å². The van der Waals surface area contributed by atoms with Crippen molar-refractivity contribution in [2.45, 2.75) is 42.4 Å². The third kappa shape index (κ3) is 3.20. The zero-order chi connectivity index (χ0) is 20.2. The summed E-state index contributed by atoms with van der Waals surface area (Å²) in [5.41, 5.74) is -2.82. The van der Waals surface area contributed by atoms with Crippen molar-refractivity contribution in [2.75, 3.05) is 13.2 Å². The summed E-state index contributed by atoms with van der Waals surface area (Å²) in [5.74, 6) is -0.968. The first-order valence-corrected chi connectivity index (χ1v) is 10.3. The molecule has 1 spiro atoms. The van der Waals surface area contributed by atoms with E-state index in [9.17, 15) is 26.4 Å². The summed E-state index contributed by atoms with van der Waals surface area (Å²) in [7, 11) is -4.17. The normalized spacial score (nSPS) is 23.2. The highest BCUT2D eigenvalue weighted by Gasteiger charge is 2.65. The molecule has 0 aromatic heterocycles. The van der Waals surface area contributed by atoms with Crippen LogP contribution >= 0.6 is 0 Å². The van der Waals surface area contributed by atoms with Crippen LogP contribution in [0.2, 0.25) is 0 Å². The van der Waals surface area contributed by atoms with Gasteiger partial charge in [0.1, 0.15) is 0 Å². The highest BCUT2D eigenvalue weighted by atomic mass is 32.2. The largest absolute Gasteiger partial charge is 0.442 e. The number of alkyl halides is 3. The van der Waals surface area contributed by atoms with Gasteiger partial charge in [-0.1, -0.05) is 12.1 Å². The van der Waals surface area contributed by atoms with Crippen molar-refractivity contribution in [2.24, 2.45) is 21.6 Å². The first-order chi connectivity index (χ1) is 13.1. The number of halogens is 3. The average Bonchev–Trinajstić information content (AvgIpc) is 3.42. The molecule has 1 aliphatic carbocycles. The van der Waals surface area contributed by atoms with E-state index in [0.29, 0.717) is 26.1 Å². The van der Waals surface area contributed by atoms with E-state index in [4.69, 9.17) is 4.74 Å². The molecule has 2 heterocycles. The maximum atomic E-state index is 13.0. The van der Waals surface area contributed by atoms with Gasteiger partial charge in [0.2, 0.25) is 5.91 Å². The third-order valence-electron chi connectivity index (χ3n) is 5.78. The molecular weight excluding hydrogens is 399 g/mol. The van der Waals surface area contributed by atoms with Crippen LogP contribution in [0.3, 0.4) is 0 Å². The van der Waals surface area contributed by atoms with Crippen molar-refractivity contribution >= 4 is 15.9 Å². The van der Waals surface area contributed by atoms with Gasteiger partial charge < -0.3 is 4.74 Å². The van der Waals surface area contributed by atoms with Crippen LogP contribution in [-0.4, -0.2) is 33.7 Å². The second-order valence-electron chi connectivity index (χ2n) is 7.58. The Hall–Kier alpha value is -2.01. The summed E-state index contributed by atoms with van der Waals surface area (Å²) in [4.78, 5) is 12.0. The number of rotatable bonds is 4. The molecule has 28 heavy (non-hydrogen) atoms. The summed E-state index contributed by atoms with van der Waals surface area (Å²) in [6.07, 6.45) is -1.72. The molecule has 0 radical (unpaired) electrons. The van der Waals surface area contributed by atoms with Crippen LogP contribution in [0.1, 0.15) is 31.2 Å². The molecule has 1 aromatic rings. The highest BCUT2D eigenvalue weighted by molar-refractivity contribution is 7.90. The van der Waals surface area contributed by atoms with E-state index in [-0.39, 0.29) is 21.8 Å². The molecular formula is C17H18F3N3O4S. The van der Waals surface area contributed by atoms with Gasteiger partial charge >= 0.3 is 11.8 Å². The highest BCUT2D eigenvalue weighted by Crippen LogP contribution is 2.53. The van der Waals surface area contributed by atoms with Gasteiger partial charge in [0.15, 0.2) is 0 Å². The quantitative estimate of drug-likeness (QED) is 0.815. The van der Waals surface area contributed by atoms with Gasteiger partial charge in [0.05, 0.1) is 4.90 Å². The molecule has 0 unspecified atom stereocenters. The van der Waals surface area contributed by atoms with Crippen LogP contribution in [0, 0.1) is 11.3 Å². The van der Waals surface area contributed by atoms with Crippen molar-refractivity contribution in [3.8, 4) is 0 Å². The number of nitrogens with zero attached hydrogens (tertiary/aromatic N) is 2. The monoisotopic (exact) mass is 417 g/mol.